The van der Waals surface area contributed by atoms with Crippen LogP contribution in [0.1, 0.15) is 37.0 Å². The number of H-pyrrole nitrogens is 1. The summed E-state index contributed by atoms with van der Waals surface area (Å²) in [6.07, 6.45) is 2.31. The van der Waals surface area contributed by atoms with Gasteiger partial charge in [-0.05, 0) is 43.0 Å². The Hall–Kier alpha value is -2.97. The van der Waals surface area contributed by atoms with Crippen molar-refractivity contribution < 1.29 is 14.1 Å². The summed E-state index contributed by atoms with van der Waals surface area (Å²) in [5.41, 5.74) is 2.36. The smallest absolute Gasteiger partial charge is 0.267 e. The largest absolute Gasteiger partial charge is 0.360 e. The lowest BCUT2D eigenvalue weighted by Gasteiger charge is -2.02. The Labute approximate surface area is 185 Å². The number of benzene rings is 1. The Kier molecular flexibility index (Phi) is 5.96. The molecule has 1 amide bonds. The number of rotatable bonds is 7. The van der Waals surface area contributed by atoms with Crippen molar-refractivity contribution in [2.45, 2.75) is 13.3 Å². The first-order valence-corrected chi connectivity index (χ1v) is 11.0. The quantitative estimate of drug-likeness (QED) is 0.361. The van der Waals surface area contributed by atoms with Gasteiger partial charge < -0.3 is 14.8 Å². The summed E-state index contributed by atoms with van der Waals surface area (Å²) < 4.78 is 6.22. The van der Waals surface area contributed by atoms with Crippen LogP contribution in [0.25, 0.3) is 11.3 Å². The molecule has 8 heteroatoms. The first kappa shape index (κ1) is 20.3. The van der Waals surface area contributed by atoms with E-state index in [0.29, 0.717) is 34.8 Å². The predicted octanol–water partition coefficient (Wildman–Crippen LogP) is 5.01. The number of ketones is 1. The van der Waals surface area contributed by atoms with Crippen molar-refractivity contribution in [2.24, 2.45) is 0 Å². The van der Waals surface area contributed by atoms with Crippen molar-refractivity contribution in [3.63, 3.8) is 0 Å². The number of aromatic nitrogens is 2. The van der Waals surface area contributed by atoms with Gasteiger partial charge in [-0.1, -0.05) is 39.3 Å². The standard InChI is InChI=1S/C22H18BrN3O3S/c1-13-19(20(26-29-13)14-4-6-16(23)7-5-14)21(27)15-11-18(25-12-15)22(28)24-9-8-17-3-2-10-30-17/h2-7,10-12,25H,8-9H2,1H3,(H,24,28). The van der Waals surface area contributed by atoms with Gasteiger partial charge in [-0.3, -0.25) is 9.59 Å². The molecule has 152 valence electrons. The molecule has 3 heterocycles. The number of carbonyl (C=O) groups excluding carboxylic acids is 2. The maximum atomic E-state index is 13.1. The Balaban J connectivity index is 1.50. The van der Waals surface area contributed by atoms with Crippen LogP contribution >= 0.6 is 27.3 Å². The third-order valence-corrected chi connectivity index (χ3v) is 6.10. The van der Waals surface area contributed by atoms with Crippen LogP contribution in [-0.2, 0) is 6.42 Å². The van der Waals surface area contributed by atoms with E-state index < -0.39 is 0 Å². The fourth-order valence-corrected chi connectivity index (χ4v) is 4.07. The highest BCUT2D eigenvalue weighted by molar-refractivity contribution is 9.10. The molecule has 0 fully saturated rings. The molecule has 6 nitrogen and oxygen atoms in total. The maximum Gasteiger partial charge on any atom is 0.267 e. The zero-order chi connectivity index (χ0) is 21.1. The van der Waals surface area contributed by atoms with Gasteiger partial charge in [0.25, 0.3) is 5.91 Å². The average Bonchev–Trinajstić information content (AvgIpc) is 3.49. The SMILES string of the molecule is Cc1onc(-c2ccc(Br)cc2)c1C(=O)c1c[nH]c(C(=O)NCCc2cccs2)c1. The van der Waals surface area contributed by atoms with Gasteiger partial charge in [-0.15, -0.1) is 11.3 Å². The third kappa shape index (κ3) is 4.29. The summed E-state index contributed by atoms with van der Waals surface area (Å²) in [5.74, 6) is -0.0672. The lowest BCUT2D eigenvalue weighted by molar-refractivity contribution is 0.0949. The topological polar surface area (TPSA) is 88.0 Å². The Morgan fingerprint density at radius 1 is 1.23 bits per heavy atom. The number of nitrogens with one attached hydrogen (secondary N) is 2. The van der Waals surface area contributed by atoms with Crippen LogP contribution in [0.4, 0.5) is 0 Å². The van der Waals surface area contributed by atoms with Crippen LogP contribution in [0.15, 0.2) is 63.0 Å². The number of aryl methyl sites for hydroxylation is 1. The molecule has 0 bridgehead atoms. The van der Waals surface area contributed by atoms with E-state index in [-0.39, 0.29) is 11.7 Å². The molecule has 4 aromatic rings. The normalized spacial score (nSPS) is 10.9. The van der Waals surface area contributed by atoms with Crippen molar-refractivity contribution in [3.05, 3.63) is 86.0 Å². The zero-order valence-corrected chi connectivity index (χ0v) is 18.5. The first-order chi connectivity index (χ1) is 14.5. The lowest BCUT2D eigenvalue weighted by Crippen LogP contribution is -2.25. The monoisotopic (exact) mass is 483 g/mol. The number of hydrogen-bond donors (Lipinski definition) is 2. The molecule has 0 aliphatic heterocycles. The van der Waals surface area contributed by atoms with Gasteiger partial charge in [0.2, 0.25) is 0 Å². The molecule has 0 saturated carbocycles. The van der Waals surface area contributed by atoms with Crippen LogP contribution in [0.2, 0.25) is 0 Å². The van der Waals surface area contributed by atoms with Gasteiger partial charge in [0.15, 0.2) is 5.78 Å². The predicted molar refractivity (Wildman–Crippen MR) is 119 cm³/mol. The van der Waals surface area contributed by atoms with Gasteiger partial charge >= 0.3 is 0 Å². The molecule has 0 spiro atoms. The molecule has 2 N–H and O–H groups in total. The highest BCUT2D eigenvalue weighted by Crippen LogP contribution is 2.28. The van der Waals surface area contributed by atoms with Gasteiger partial charge in [0, 0.05) is 33.2 Å². The third-order valence-electron chi connectivity index (χ3n) is 4.63. The minimum atomic E-state index is -0.249. The molecule has 0 saturated heterocycles. The minimum absolute atomic E-state index is 0.249. The van der Waals surface area contributed by atoms with Gasteiger partial charge in [0.1, 0.15) is 17.1 Å². The Bertz CT molecular complexity index is 1180. The number of halogens is 1. The molecule has 0 radical (unpaired) electrons. The summed E-state index contributed by atoms with van der Waals surface area (Å²) >= 11 is 5.06. The van der Waals surface area contributed by atoms with Gasteiger partial charge in [-0.2, -0.15) is 0 Å². The molecular formula is C22H18BrN3O3S. The Morgan fingerprint density at radius 2 is 2.03 bits per heavy atom. The number of thiophene rings is 1. The maximum absolute atomic E-state index is 13.1. The number of nitrogens with zero attached hydrogens (tertiary/aromatic N) is 1. The summed E-state index contributed by atoms with van der Waals surface area (Å²) in [5, 5.41) is 8.95. The molecule has 0 unspecified atom stereocenters. The minimum Gasteiger partial charge on any atom is -0.360 e. The molecule has 0 aliphatic rings. The first-order valence-electron chi connectivity index (χ1n) is 9.29. The molecule has 30 heavy (non-hydrogen) atoms. The summed E-state index contributed by atoms with van der Waals surface area (Å²) in [4.78, 5) is 29.6. The van der Waals surface area contributed by atoms with E-state index in [1.807, 2.05) is 41.8 Å². The van der Waals surface area contributed by atoms with Crippen LogP contribution in [0, 0.1) is 6.92 Å². The lowest BCUT2D eigenvalue weighted by atomic mass is 9.99. The van der Waals surface area contributed by atoms with Crippen molar-refractivity contribution in [3.8, 4) is 11.3 Å². The van der Waals surface area contributed by atoms with Gasteiger partial charge in [0.05, 0.1) is 5.56 Å². The van der Waals surface area contributed by atoms with E-state index in [1.165, 1.54) is 11.1 Å². The fraction of sp³-hybridized carbons (Fsp3) is 0.136. The highest BCUT2D eigenvalue weighted by Gasteiger charge is 2.24. The number of hydrogen-bond acceptors (Lipinski definition) is 5. The van der Waals surface area contributed by atoms with Crippen LogP contribution < -0.4 is 5.32 Å². The molecule has 0 atom stereocenters. The van der Waals surface area contributed by atoms with Crippen molar-refractivity contribution in [1.29, 1.82) is 0 Å². The fourth-order valence-electron chi connectivity index (χ4n) is 3.09. The van der Waals surface area contributed by atoms with E-state index in [2.05, 4.69) is 31.4 Å². The molecule has 1 aromatic carbocycles. The number of amides is 1. The van der Waals surface area contributed by atoms with E-state index >= 15 is 0 Å². The van der Waals surface area contributed by atoms with Crippen LogP contribution in [0.3, 0.4) is 0 Å². The zero-order valence-electron chi connectivity index (χ0n) is 16.1. The summed E-state index contributed by atoms with van der Waals surface area (Å²) in [6.45, 7) is 2.23. The second kappa shape index (κ2) is 8.81. The van der Waals surface area contributed by atoms with Crippen LogP contribution in [0.5, 0.6) is 0 Å². The highest BCUT2D eigenvalue weighted by atomic mass is 79.9. The Morgan fingerprint density at radius 3 is 2.77 bits per heavy atom. The van der Waals surface area contributed by atoms with Gasteiger partial charge in [-0.25, -0.2) is 0 Å². The van der Waals surface area contributed by atoms with Crippen molar-refractivity contribution in [1.82, 2.24) is 15.5 Å². The molecule has 0 aliphatic carbocycles. The van der Waals surface area contributed by atoms with E-state index in [9.17, 15) is 9.59 Å². The average molecular weight is 484 g/mol. The molecule has 4 rings (SSSR count). The molecular weight excluding hydrogens is 466 g/mol. The summed E-state index contributed by atoms with van der Waals surface area (Å²) in [6, 6.07) is 13.1. The van der Waals surface area contributed by atoms with Crippen LogP contribution in [-0.4, -0.2) is 28.4 Å². The second-order valence-corrected chi connectivity index (χ2v) is 8.63. The molecule has 3 aromatic heterocycles. The van der Waals surface area contributed by atoms with E-state index in [1.54, 1.807) is 24.3 Å². The van der Waals surface area contributed by atoms with E-state index in [4.69, 9.17) is 4.52 Å². The number of carbonyl (C=O) groups is 2. The summed E-state index contributed by atoms with van der Waals surface area (Å²) in [7, 11) is 0. The van der Waals surface area contributed by atoms with Crippen molar-refractivity contribution in [2.75, 3.05) is 6.54 Å². The van der Waals surface area contributed by atoms with E-state index in [0.717, 1.165) is 16.5 Å². The van der Waals surface area contributed by atoms with Crippen molar-refractivity contribution >= 4 is 39.0 Å². The second-order valence-electron chi connectivity index (χ2n) is 6.69. The number of aromatic amines is 1.